The molecule has 0 saturated heterocycles. The first kappa shape index (κ1) is 96.4. The number of allylic oxidation sites excluding steroid dienone is 6. The molecule has 0 spiro atoms. The molecule has 7 aromatic carbocycles. The van der Waals surface area contributed by atoms with Crippen LogP contribution in [0.3, 0.4) is 0 Å². The third kappa shape index (κ3) is 18.1. The van der Waals surface area contributed by atoms with Crippen molar-refractivity contribution in [3.8, 4) is 52.5 Å². The fraction of sp³-hybridized carbons (Fsp3) is 0.356. The number of benzene rings is 7. The number of fused-ring (bicyclic) bond motifs is 12. The molecule has 17 rings (SSSR count). The summed E-state index contributed by atoms with van der Waals surface area (Å²) in [6.07, 6.45) is 37.0. The van der Waals surface area contributed by atoms with Crippen molar-refractivity contribution in [3.63, 3.8) is 0 Å². The number of aryl methyl sites for hydroxylation is 4. The lowest BCUT2D eigenvalue weighted by atomic mass is 9.66. The zero-order chi connectivity index (χ0) is 93.6. The second kappa shape index (κ2) is 42.7. The number of ketones is 2. The number of halogens is 4. The molecule has 16 heteroatoms. The summed E-state index contributed by atoms with van der Waals surface area (Å²) in [6.45, 7) is 35.5. The van der Waals surface area contributed by atoms with Gasteiger partial charge < -0.3 is 0 Å². The van der Waals surface area contributed by atoms with E-state index in [4.69, 9.17) is 59.5 Å². The van der Waals surface area contributed by atoms with E-state index in [1.54, 1.807) is 46.9 Å². The van der Waals surface area contributed by atoms with Crippen molar-refractivity contribution in [1.82, 2.24) is 0 Å². The summed E-state index contributed by atoms with van der Waals surface area (Å²) in [6, 6.07) is 64.1. The molecule has 4 aliphatic rings. The molecule has 0 N–H and O–H groups in total. The maximum absolute atomic E-state index is 15.5. The molecule has 0 aliphatic heterocycles. The van der Waals surface area contributed by atoms with E-state index < -0.39 is 10.8 Å². The Labute approximate surface area is 836 Å². The van der Waals surface area contributed by atoms with E-state index in [-0.39, 0.29) is 65.3 Å². The average molecular weight is 1950 g/mol. The predicted molar refractivity (Wildman–Crippen MR) is 575 cm³/mol. The first-order valence-electron chi connectivity index (χ1n) is 48.9. The molecule has 2 atom stereocenters. The van der Waals surface area contributed by atoms with Gasteiger partial charge in [0.1, 0.15) is 0 Å². The summed E-state index contributed by atoms with van der Waals surface area (Å²) in [5, 5.41) is 25.2. The van der Waals surface area contributed by atoms with Gasteiger partial charge in [-0.3, -0.25) is 9.59 Å². The standard InChI is InChI=1S/C118H114Cl4N4O2S6/c1-11-19-25-29-35-73-39-47-77(48-40-73)117(78-49-41-74(42-50-78)36-30-26-20-12-2)91-63-83(61-89-101(97(69-123)125-9)85-65-93(119)95(121)67-87(85)109(89)127)131-111(91)115-107(117)105-103(99-57-55-81(129-99)59-71(17-7)33-23-15-5)114-106(104(113(105)133-115)100-58-56-82(130-100)60-72(18-8)34-24-16-6)108-116(134-114)112-92(64-84(132-112)62-90-102(98(70-124)126-10)86-66-94(120)96(122)68-88(86)110(90)128)118(108,79-51-43-75(44-52-79)37-31-27-21-13-3)80-53-45-76(46-54-80)38-32-28-22-14-4/h39-58,61-68,71-72H,11-38,59-60H2,1-8H3/b89-61-,90-62-,101-97-,102-98+. The Kier molecular flexibility index (Phi) is 30.7. The van der Waals surface area contributed by atoms with Gasteiger partial charge in [-0.1, -0.05) is 327 Å². The molecular weight excluding hydrogens is 1840 g/mol. The second-order valence-corrected chi connectivity index (χ2v) is 45.3. The van der Waals surface area contributed by atoms with Crippen molar-refractivity contribution in [2.45, 2.75) is 259 Å². The molecule has 6 aromatic heterocycles. The van der Waals surface area contributed by atoms with Gasteiger partial charge in [0.2, 0.25) is 0 Å². The van der Waals surface area contributed by atoms with Gasteiger partial charge in [-0.15, -0.1) is 68.0 Å². The molecule has 4 aliphatic carbocycles. The minimum Gasteiger partial charge on any atom is -0.289 e. The summed E-state index contributed by atoms with van der Waals surface area (Å²) in [7, 11) is 0. The van der Waals surface area contributed by atoms with Crippen molar-refractivity contribution in [2.24, 2.45) is 11.8 Å². The Balaban J connectivity index is 1.06. The minimum atomic E-state index is -1.01. The molecule has 6 nitrogen and oxygen atoms in total. The molecule has 0 bridgehead atoms. The molecule has 13 aromatic rings. The number of hydrogen-bond donors (Lipinski definition) is 0. The Hall–Kier alpha value is -9.32. The average Bonchev–Trinajstić information content (AvgIpc) is 1.48. The van der Waals surface area contributed by atoms with Crippen LogP contribution >= 0.6 is 114 Å². The van der Waals surface area contributed by atoms with Crippen molar-refractivity contribution in [2.75, 3.05) is 0 Å². The SMILES string of the molecule is [C-]#[N+]/C(C#N)=C1\C(=C\c2cc3c(s2)-c2sc4c(-c5ccc(CC(CC)CCCC)s5)c5c6c(sc5c(-c5ccc(CC(CC)CCCC)s5)c4c2C3(c2ccc(CCCCCC)cc2)c2ccc(CCCCCC)cc2)-c2sc(/C=C3\C(=O)c4cc(Cl)c(Cl)cc4\C3=C(\C#N)[N+]#[C-])cc2C6(c2ccc(CCCCCC)cc2)c2ccc(CCCCCC)cc2)C(=O)c2cc(Cl)c(Cl)cc21. The Morgan fingerprint density at radius 1 is 0.381 bits per heavy atom. The van der Waals surface area contributed by atoms with Crippen molar-refractivity contribution in [3.05, 3.63) is 332 Å². The molecular formula is C118H114Cl4N4O2S6. The van der Waals surface area contributed by atoms with Gasteiger partial charge in [0.25, 0.3) is 11.4 Å². The van der Waals surface area contributed by atoms with Crippen LogP contribution in [0.2, 0.25) is 20.1 Å². The van der Waals surface area contributed by atoms with Gasteiger partial charge in [0.15, 0.2) is 11.6 Å². The van der Waals surface area contributed by atoms with E-state index >= 15 is 9.59 Å². The van der Waals surface area contributed by atoms with Crippen LogP contribution in [-0.4, -0.2) is 11.6 Å². The minimum absolute atomic E-state index is 0.196. The van der Waals surface area contributed by atoms with Gasteiger partial charge in [-0.05, 0) is 227 Å². The van der Waals surface area contributed by atoms with E-state index in [2.05, 4.69) is 211 Å². The summed E-state index contributed by atoms with van der Waals surface area (Å²) in [5.74, 6) is 0.348. The van der Waals surface area contributed by atoms with E-state index in [1.165, 1.54) is 132 Å². The number of hydrogen-bond acceptors (Lipinski definition) is 10. The highest BCUT2D eigenvalue weighted by Crippen LogP contribution is 2.71. The third-order valence-electron chi connectivity index (χ3n) is 28.6. The summed E-state index contributed by atoms with van der Waals surface area (Å²) in [4.78, 5) is 50.0. The van der Waals surface area contributed by atoms with Crippen molar-refractivity contribution < 1.29 is 9.59 Å². The zero-order valence-corrected chi connectivity index (χ0v) is 86.0. The molecule has 2 unspecified atom stereocenters. The maximum Gasteiger partial charge on any atom is 0.270 e. The van der Waals surface area contributed by atoms with Gasteiger partial charge in [0, 0.05) is 94.0 Å². The molecule has 0 saturated carbocycles. The van der Waals surface area contributed by atoms with Gasteiger partial charge in [-0.2, -0.15) is 0 Å². The Bertz CT molecular complexity index is 6400. The first-order valence-corrected chi connectivity index (χ1v) is 55.3. The summed E-state index contributed by atoms with van der Waals surface area (Å²) < 4.78 is 2.42. The van der Waals surface area contributed by atoms with Gasteiger partial charge >= 0.3 is 0 Å². The highest BCUT2D eigenvalue weighted by molar-refractivity contribution is 7.30. The van der Waals surface area contributed by atoms with E-state index in [0.29, 0.717) is 34.1 Å². The van der Waals surface area contributed by atoms with Crippen LogP contribution in [0.1, 0.15) is 328 Å². The molecule has 6 heterocycles. The van der Waals surface area contributed by atoms with Gasteiger partial charge in [0.05, 0.1) is 75.7 Å². The predicted octanol–water partition coefficient (Wildman–Crippen LogP) is 37.9. The van der Waals surface area contributed by atoms with Crippen LogP contribution in [0.5, 0.6) is 0 Å². The quantitative estimate of drug-likeness (QED) is 0.0166. The van der Waals surface area contributed by atoms with Crippen molar-refractivity contribution in [1.29, 1.82) is 10.5 Å². The third-order valence-corrected chi connectivity index (χ3v) is 37.2. The van der Waals surface area contributed by atoms with Crippen LogP contribution in [0, 0.1) is 47.6 Å². The van der Waals surface area contributed by atoms with Crippen LogP contribution in [0.4, 0.5) is 0 Å². The fourth-order valence-corrected chi connectivity index (χ4v) is 30.2. The number of unbranched alkanes of at least 4 members (excludes halogenated alkanes) is 14. The first-order chi connectivity index (χ1) is 65.4. The normalized spacial score (nSPS) is 15.6. The molecule has 134 heavy (non-hydrogen) atoms. The van der Waals surface area contributed by atoms with Crippen LogP contribution in [0.25, 0.3) is 93.6 Å². The van der Waals surface area contributed by atoms with Crippen LogP contribution < -0.4 is 0 Å². The number of carbonyl (C=O) groups excluding carboxylic acids is 2. The monoisotopic (exact) mass is 1950 g/mol. The molecule has 682 valence electrons. The van der Waals surface area contributed by atoms with Gasteiger partial charge in [-0.25, -0.2) is 20.2 Å². The lowest BCUT2D eigenvalue weighted by Gasteiger charge is -2.35. The lowest BCUT2D eigenvalue weighted by Crippen LogP contribution is -2.29. The van der Waals surface area contributed by atoms with E-state index in [9.17, 15) is 10.5 Å². The number of nitrogens with zero attached hydrogens (tertiary/aromatic N) is 4. The Morgan fingerprint density at radius 3 is 0.985 bits per heavy atom. The lowest BCUT2D eigenvalue weighted by molar-refractivity contribution is 0.103. The number of Topliss-reactive ketones (excluding diaryl/α,β-unsaturated/α-hetero) is 2. The number of thiophene rings is 6. The largest absolute Gasteiger partial charge is 0.289 e. The smallest absolute Gasteiger partial charge is 0.270 e. The summed E-state index contributed by atoms with van der Waals surface area (Å²) >= 11 is 38.5. The maximum atomic E-state index is 15.5. The Morgan fingerprint density at radius 2 is 0.694 bits per heavy atom. The fourth-order valence-electron chi connectivity index (χ4n) is 21.5. The van der Waals surface area contributed by atoms with Crippen molar-refractivity contribution >= 4 is 169 Å². The highest BCUT2D eigenvalue weighted by Gasteiger charge is 2.55. The molecule has 0 radical (unpaired) electrons. The van der Waals surface area contributed by atoms with E-state index in [0.717, 1.165) is 207 Å². The van der Waals surface area contributed by atoms with Crippen LogP contribution in [-0.2, 0) is 49.4 Å². The molecule has 0 fully saturated rings. The number of carbonyl (C=O) groups is 2. The zero-order valence-electron chi connectivity index (χ0n) is 78.1. The summed E-state index contributed by atoms with van der Waals surface area (Å²) in [5.41, 5.74) is 16.9. The molecule has 0 amide bonds. The van der Waals surface area contributed by atoms with E-state index in [1.807, 2.05) is 57.5 Å². The topological polar surface area (TPSA) is 90.4 Å². The number of nitriles is 2. The highest BCUT2D eigenvalue weighted by atomic mass is 35.5. The second-order valence-electron chi connectivity index (χ2n) is 37.1. The van der Waals surface area contributed by atoms with Crippen LogP contribution in [0.15, 0.2) is 180 Å². The number of rotatable bonds is 40.